The fraction of sp³-hybridized carbons (Fsp3) is 1.00. The van der Waals surface area contributed by atoms with E-state index in [4.69, 9.17) is 9.47 Å². The predicted molar refractivity (Wildman–Crippen MR) is 114 cm³/mol. The molecule has 0 spiro atoms. The van der Waals surface area contributed by atoms with Crippen molar-refractivity contribution in [2.24, 2.45) is 11.8 Å². The van der Waals surface area contributed by atoms with E-state index in [0.717, 1.165) is 13.2 Å². The normalized spacial score (nSPS) is 21.8. The summed E-state index contributed by atoms with van der Waals surface area (Å²) in [5, 5.41) is 0. The zero-order chi connectivity index (χ0) is 18.9. The first-order valence-corrected chi connectivity index (χ1v) is 12.0. The van der Waals surface area contributed by atoms with E-state index in [0.29, 0.717) is 11.8 Å². The van der Waals surface area contributed by atoms with Crippen LogP contribution in [0.15, 0.2) is 0 Å². The summed E-state index contributed by atoms with van der Waals surface area (Å²) < 4.78 is 12.4. The minimum Gasteiger partial charge on any atom is -0.352 e. The fourth-order valence-corrected chi connectivity index (χ4v) is 4.12. The summed E-state index contributed by atoms with van der Waals surface area (Å²) in [6.07, 6.45) is 21.6. The largest absolute Gasteiger partial charge is 0.352 e. The first-order chi connectivity index (χ1) is 12.8. The molecule has 0 aromatic heterocycles. The summed E-state index contributed by atoms with van der Waals surface area (Å²) >= 11 is 0. The lowest BCUT2D eigenvalue weighted by molar-refractivity contribution is -0.227. The Balaban J connectivity index is 2.28. The molecule has 1 saturated heterocycles. The van der Waals surface area contributed by atoms with Gasteiger partial charge in [-0.3, -0.25) is 0 Å². The van der Waals surface area contributed by atoms with Crippen molar-refractivity contribution < 1.29 is 9.47 Å². The predicted octanol–water partition coefficient (Wildman–Crippen LogP) is 7.89. The van der Waals surface area contributed by atoms with Gasteiger partial charge in [0.1, 0.15) is 0 Å². The van der Waals surface area contributed by atoms with Crippen LogP contribution in [-0.2, 0) is 9.47 Å². The van der Waals surface area contributed by atoms with E-state index in [9.17, 15) is 0 Å². The summed E-state index contributed by atoms with van der Waals surface area (Å²) in [5.74, 6) is 1.25. The van der Waals surface area contributed by atoms with Crippen LogP contribution in [0.25, 0.3) is 0 Å². The molecule has 1 atom stereocenters. The lowest BCUT2D eigenvalue weighted by Crippen LogP contribution is -2.37. The first-order valence-electron chi connectivity index (χ1n) is 12.0. The van der Waals surface area contributed by atoms with E-state index in [1.807, 2.05) is 0 Å². The second-order valence-electron chi connectivity index (χ2n) is 8.56. The topological polar surface area (TPSA) is 18.5 Å². The van der Waals surface area contributed by atoms with E-state index in [-0.39, 0.29) is 6.29 Å². The van der Waals surface area contributed by atoms with Gasteiger partial charge in [0.25, 0.3) is 0 Å². The Morgan fingerprint density at radius 1 is 0.615 bits per heavy atom. The molecule has 0 aromatic rings. The molecule has 156 valence electrons. The second-order valence-corrected chi connectivity index (χ2v) is 8.56. The molecule has 1 fully saturated rings. The molecule has 0 N–H and O–H groups in total. The van der Waals surface area contributed by atoms with Gasteiger partial charge in [-0.2, -0.15) is 0 Å². The molecule has 1 aliphatic rings. The molecular formula is C24H48O2. The van der Waals surface area contributed by atoms with Crippen molar-refractivity contribution in [2.75, 3.05) is 13.2 Å². The summed E-state index contributed by atoms with van der Waals surface area (Å²) in [6.45, 7) is 8.71. The number of hydrogen-bond acceptors (Lipinski definition) is 2. The highest BCUT2D eigenvalue weighted by atomic mass is 16.7. The van der Waals surface area contributed by atoms with Crippen molar-refractivity contribution in [2.45, 2.75) is 130 Å². The van der Waals surface area contributed by atoms with Gasteiger partial charge in [0.15, 0.2) is 6.29 Å². The Kier molecular flexibility index (Phi) is 15.7. The van der Waals surface area contributed by atoms with E-state index in [1.165, 1.54) is 103 Å². The van der Waals surface area contributed by atoms with Gasteiger partial charge < -0.3 is 9.47 Å². The van der Waals surface area contributed by atoms with Crippen LogP contribution in [0, 0.1) is 11.8 Å². The van der Waals surface area contributed by atoms with Crippen LogP contribution >= 0.6 is 0 Å². The third-order valence-electron chi connectivity index (χ3n) is 5.95. The van der Waals surface area contributed by atoms with Crippen LogP contribution in [0.5, 0.6) is 0 Å². The zero-order valence-corrected chi connectivity index (χ0v) is 18.3. The average molecular weight is 369 g/mol. The molecule has 1 heterocycles. The molecule has 1 rings (SSSR count). The van der Waals surface area contributed by atoms with Gasteiger partial charge in [0, 0.05) is 11.8 Å². The van der Waals surface area contributed by atoms with E-state index in [1.54, 1.807) is 0 Å². The monoisotopic (exact) mass is 368 g/mol. The smallest absolute Gasteiger partial charge is 0.160 e. The lowest BCUT2D eigenvalue weighted by atomic mass is 9.92. The SMILES string of the molecule is CCCCCCCCC(CCCCCC)C1OCC(CCCCC)CO1. The molecule has 0 aromatic carbocycles. The van der Waals surface area contributed by atoms with E-state index >= 15 is 0 Å². The minimum absolute atomic E-state index is 0.0784. The van der Waals surface area contributed by atoms with Crippen LogP contribution in [0.1, 0.15) is 124 Å². The molecule has 0 amide bonds. The van der Waals surface area contributed by atoms with E-state index in [2.05, 4.69) is 20.8 Å². The van der Waals surface area contributed by atoms with Crippen LogP contribution in [0.2, 0.25) is 0 Å². The Morgan fingerprint density at radius 2 is 1.08 bits per heavy atom. The maximum atomic E-state index is 6.21. The van der Waals surface area contributed by atoms with Gasteiger partial charge in [-0.05, 0) is 19.3 Å². The van der Waals surface area contributed by atoms with Crippen molar-refractivity contribution in [3.8, 4) is 0 Å². The Morgan fingerprint density at radius 3 is 1.65 bits per heavy atom. The van der Waals surface area contributed by atoms with Gasteiger partial charge in [-0.1, -0.05) is 104 Å². The van der Waals surface area contributed by atoms with Gasteiger partial charge in [0.2, 0.25) is 0 Å². The Labute approximate surface area is 164 Å². The van der Waals surface area contributed by atoms with Crippen LogP contribution in [-0.4, -0.2) is 19.5 Å². The van der Waals surface area contributed by atoms with Crippen molar-refractivity contribution >= 4 is 0 Å². The maximum absolute atomic E-state index is 6.21. The van der Waals surface area contributed by atoms with Gasteiger partial charge in [-0.15, -0.1) is 0 Å². The number of ether oxygens (including phenoxy) is 2. The molecule has 1 aliphatic heterocycles. The minimum atomic E-state index is 0.0784. The van der Waals surface area contributed by atoms with Crippen LogP contribution in [0.4, 0.5) is 0 Å². The number of unbranched alkanes of at least 4 members (excludes halogenated alkanes) is 10. The number of hydrogen-bond donors (Lipinski definition) is 0. The average Bonchev–Trinajstić information content (AvgIpc) is 2.67. The Hall–Kier alpha value is -0.0800. The third-order valence-corrected chi connectivity index (χ3v) is 5.95. The fourth-order valence-electron chi connectivity index (χ4n) is 4.12. The molecule has 2 nitrogen and oxygen atoms in total. The van der Waals surface area contributed by atoms with Crippen molar-refractivity contribution in [1.82, 2.24) is 0 Å². The Bertz CT molecular complexity index is 284. The highest BCUT2D eigenvalue weighted by molar-refractivity contribution is 4.70. The molecule has 0 saturated carbocycles. The summed E-state index contributed by atoms with van der Waals surface area (Å²) in [5.41, 5.74) is 0. The second kappa shape index (κ2) is 17.0. The molecule has 0 aliphatic carbocycles. The van der Waals surface area contributed by atoms with Crippen LogP contribution in [0.3, 0.4) is 0 Å². The van der Waals surface area contributed by atoms with Gasteiger partial charge in [0.05, 0.1) is 13.2 Å². The third kappa shape index (κ3) is 11.6. The number of rotatable bonds is 17. The maximum Gasteiger partial charge on any atom is 0.160 e. The summed E-state index contributed by atoms with van der Waals surface area (Å²) in [7, 11) is 0. The lowest BCUT2D eigenvalue weighted by Gasteiger charge is -2.34. The summed E-state index contributed by atoms with van der Waals surface area (Å²) in [4.78, 5) is 0. The quantitative estimate of drug-likeness (QED) is 0.243. The van der Waals surface area contributed by atoms with Gasteiger partial charge in [-0.25, -0.2) is 0 Å². The standard InChI is InChI=1S/C24H48O2/c1-4-7-10-12-13-16-19-23(18-15-11-8-5-2)24-25-20-22(21-26-24)17-14-9-6-3/h22-24H,4-21H2,1-3H3. The first kappa shape index (κ1) is 24.0. The highest BCUT2D eigenvalue weighted by Crippen LogP contribution is 2.28. The van der Waals surface area contributed by atoms with E-state index < -0.39 is 0 Å². The van der Waals surface area contributed by atoms with Crippen molar-refractivity contribution in [3.63, 3.8) is 0 Å². The highest BCUT2D eigenvalue weighted by Gasteiger charge is 2.28. The molecule has 0 radical (unpaired) electrons. The zero-order valence-electron chi connectivity index (χ0n) is 18.3. The summed E-state index contributed by atoms with van der Waals surface area (Å²) in [6, 6.07) is 0. The van der Waals surface area contributed by atoms with Gasteiger partial charge >= 0.3 is 0 Å². The molecule has 0 bridgehead atoms. The molecule has 26 heavy (non-hydrogen) atoms. The van der Waals surface area contributed by atoms with Crippen molar-refractivity contribution in [1.29, 1.82) is 0 Å². The molecule has 2 heteroatoms. The molecule has 1 unspecified atom stereocenters. The molecular weight excluding hydrogens is 320 g/mol. The van der Waals surface area contributed by atoms with Crippen molar-refractivity contribution in [3.05, 3.63) is 0 Å². The van der Waals surface area contributed by atoms with Crippen LogP contribution < -0.4 is 0 Å².